The van der Waals surface area contributed by atoms with Crippen molar-refractivity contribution in [2.75, 3.05) is 13.1 Å². The maximum Gasteiger partial charge on any atom is 0.224 e. The zero-order valence-corrected chi connectivity index (χ0v) is 9.81. The molecule has 0 saturated carbocycles. The lowest BCUT2D eigenvalue weighted by atomic mass is 10.1. The number of nitrogens with zero attached hydrogens (tertiary/aromatic N) is 3. The minimum Gasteiger partial charge on any atom is -0.355 e. The van der Waals surface area contributed by atoms with Crippen LogP contribution < -0.4 is 11.1 Å². The number of hydrogen-bond donors (Lipinski definition) is 2. The molecule has 90 valence electrons. The van der Waals surface area contributed by atoms with Gasteiger partial charge < -0.3 is 11.1 Å². The largest absolute Gasteiger partial charge is 0.355 e. The fraction of sp³-hybridized carbons (Fsp3) is 0.700. The Labute approximate surface area is 95.2 Å². The van der Waals surface area contributed by atoms with Gasteiger partial charge in [-0.1, -0.05) is 6.92 Å². The summed E-state index contributed by atoms with van der Waals surface area (Å²) in [4.78, 5) is 15.6. The maximum atomic E-state index is 11.6. The first-order valence-electron chi connectivity index (χ1n) is 5.49. The van der Waals surface area contributed by atoms with Crippen LogP contribution >= 0.6 is 0 Å². The summed E-state index contributed by atoms with van der Waals surface area (Å²) in [6, 6.07) is 0. The van der Waals surface area contributed by atoms with Gasteiger partial charge in [0, 0.05) is 32.5 Å². The molecule has 1 rings (SSSR count). The van der Waals surface area contributed by atoms with Gasteiger partial charge in [-0.15, -0.1) is 0 Å². The molecule has 1 aromatic heterocycles. The summed E-state index contributed by atoms with van der Waals surface area (Å²) in [6.45, 7) is 2.90. The number of nitrogens with two attached hydrogens (primary N) is 1. The van der Waals surface area contributed by atoms with E-state index < -0.39 is 0 Å². The van der Waals surface area contributed by atoms with Crippen LogP contribution in [0.15, 0.2) is 6.33 Å². The Balaban J connectivity index is 2.27. The smallest absolute Gasteiger partial charge is 0.224 e. The maximum absolute atomic E-state index is 11.6. The molecule has 0 aromatic carbocycles. The van der Waals surface area contributed by atoms with Crippen molar-refractivity contribution >= 4 is 5.91 Å². The molecule has 0 spiro atoms. The lowest BCUT2D eigenvalue weighted by Gasteiger charge is -2.11. The fourth-order valence-corrected chi connectivity index (χ4v) is 1.40. The van der Waals surface area contributed by atoms with Crippen molar-refractivity contribution in [2.24, 2.45) is 18.7 Å². The summed E-state index contributed by atoms with van der Waals surface area (Å²) >= 11 is 0. The highest BCUT2D eigenvalue weighted by Crippen LogP contribution is 1.99. The lowest BCUT2D eigenvalue weighted by molar-refractivity contribution is -0.124. The van der Waals surface area contributed by atoms with Crippen molar-refractivity contribution in [3.63, 3.8) is 0 Å². The van der Waals surface area contributed by atoms with Gasteiger partial charge in [0.15, 0.2) is 5.82 Å². The molecule has 0 aliphatic carbocycles. The Hall–Kier alpha value is -1.43. The van der Waals surface area contributed by atoms with Crippen LogP contribution in [-0.4, -0.2) is 33.8 Å². The van der Waals surface area contributed by atoms with Crippen molar-refractivity contribution in [3.8, 4) is 0 Å². The average molecular weight is 225 g/mol. The fourth-order valence-electron chi connectivity index (χ4n) is 1.40. The Morgan fingerprint density at radius 1 is 1.69 bits per heavy atom. The molecule has 1 amide bonds. The van der Waals surface area contributed by atoms with E-state index in [2.05, 4.69) is 15.4 Å². The van der Waals surface area contributed by atoms with Crippen LogP contribution in [0, 0.1) is 5.92 Å². The second kappa shape index (κ2) is 6.22. The molecule has 6 nitrogen and oxygen atoms in total. The number of nitrogens with one attached hydrogen (secondary N) is 1. The molecule has 6 heteroatoms. The van der Waals surface area contributed by atoms with Crippen LogP contribution in [-0.2, 0) is 18.3 Å². The van der Waals surface area contributed by atoms with Crippen LogP contribution in [0.4, 0.5) is 0 Å². The molecule has 0 saturated heterocycles. The van der Waals surface area contributed by atoms with Gasteiger partial charge in [-0.25, -0.2) is 4.98 Å². The van der Waals surface area contributed by atoms with E-state index in [9.17, 15) is 4.79 Å². The highest BCUT2D eigenvalue weighted by Gasteiger charge is 2.13. The van der Waals surface area contributed by atoms with E-state index in [0.717, 1.165) is 12.2 Å². The highest BCUT2D eigenvalue weighted by molar-refractivity contribution is 5.78. The number of aryl methyl sites for hydroxylation is 1. The highest BCUT2D eigenvalue weighted by atomic mass is 16.1. The third-order valence-electron chi connectivity index (χ3n) is 2.44. The second-order valence-electron chi connectivity index (χ2n) is 3.72. The summed E-state index contributed by atoms with van der Waals surface area (Å²) in [5.41, 5.74) is 5.48. The van der Waals surface area contributed by atoms with Gasteiger partial charge in [-0.05, 0) is 6.42 Å². The zero-order valence-electron chi connectivity index (χ0n) is 9.81. The summed E-state index contributed by atoms with van der Waals surface area (Å²) in [5, 5.41) is 6.96. The topological polar surface area (TPSA) is 85.8 Å². The van der Waals surface area contributed by atoms with Crippen molar-refractivity contribution in [1.29, 1.82) is 0 Å². The van der Waals surface area contributed by atoms with E-state index in [1.807, 2.05) is 14.0 Å². The van der Waals surface area contributed by atoms with Gasteiger partial charge >= 0.3 is 0 Å². The number of hydrogen-bond acceptors (Lipinski definition) is 4. The monoisotopic (exact) mass is 225 g/mol. The van der Waals surface area contributed by atoms with Crippen LogP contribution in [0.1, 0.15) is 19.2 Å². The van der Waals surface area contributed by atoms with Gasteiger partial charge in [0.25, 0.3) is 0 Å². The molecule has 1 heterocycles. The predicted octanol–water partition coefficient (Wildman–Crippen LogP) is -0.541. The van der Waals surface area contributed by atoms with E-state index in [1.54, 1.807) is 11.0 Å². The predicted molar refractivity (Wildman–Crippen MR) is 60.6 cm³/mol. The summed E-state index contributed by atoms with van der Waals surface area (Å²) < 4.78 is 1.64. The lowest BCUT2D eigenvalue weighted by Crippen LogP contribution is -2.35. The van der Waals surface area contributed by atoms with Crippen molar-refractivity contribution < 1.29 is 4.79 Å². The third kappa shape index (κ3) is 3.62. The Morgan fingerprint density at radius 3 is 2.94 bits per heavy atom. The Kier molecular flexibility index (Phi) is 4.91. The van der Waals surface area contributed by atoms with E-state index in [0.29, 0.717) is 19.5 Å². The Bertz CT molecular complexity index is 332. The van der Waals surface area contributed by atoms with Crippen LogP contribution in [0.2, 0.25) is 0 Å². The number of rotatable bonds is 6. The van der Waals surface area contributed by atoms with Gasteiger partial charge in [0.1, 0.15) is 6.33 Å². The summed E-state index contributed by atoms with van der Waals surface area (Å²) in [6.07, 6.45) is 3.06. The van der Waals surface area contributed by atoms with Crippen LogP contribution in [0.3, 0.4) is 0 Å². The zero-order chi connectivity index (χ0) is 12.0. The van der Waals surface area contributed by atoms with Crippen molar-refractivity contribution in [1.82, 2.24) is 20.1 Å². The van der Waals surface area contributed by atoms with Gasteiger partial charge in [-0.2, -0.15) is 5.10 Å². The quantitative estimate of drug-likeness (QED) is 0.680. The first-order chi connectivity index (χ1) is 7.67. The number of aromatic nitrogens is 3. The van der Waals surface area contributed by atoms with Gasteiger partial charge in [-0.3, -0.25) is 9.48 Å². The Morgan fingerprint density at radius 2 is 2.44 bits per heavy atom. The molecule has 0 radical (unpaired) electrons. The minimum atomic E-state index is -0.0864. The number of carbonyl (C=O) groups excluding carboxylic acids is 1. The third-order valence-corrected chi connectivity index (χ3v) is 2.44. The first kappa shape index (κ1) is 12.6. The summed E-state index contributed by atoms with van der Waals surface area (Å²) in [5.74, 6) is 0.668. The van der Waals surface area contributed by atoms with Gasteiger partial charge in [0.2, 0.25) is 5.91 Å². The molecule has 3 N–H and O–H groups in total. The number of amides is 1. The standard InChI is InChI=1S/C10H19N5O/c1-3-8(6-11)10(16)12-5-4-9-13-7-15(2)14-9/h7-8H,3-6,11H2,1-2H3,(H,12,16). The normalized spacial score (nSPS) is 12.4. The molecule has 0 fully saturated rings. The minimum absolute atomic E-state index is 0.0148. The molecule has 1 aromatic rings. The van der Waals surface area contributed by atoms with Crippen molar-refractivity contribution in [2.45, 2.75) is 19.8 Å². The first-order valence-corrected chi connectivity index (χ1v) is 5.49. The molecule has 0 aliphatic heterocycles. The van der Waals surface area contributed by atoms with Gasteiger partial charge in [0.05, 0.1) is 0 Å². The average Bonchev–Trinajstić information content (AvgIpc) is 2.66. The van der Waals surface area contributed by atoms with Crippen LogP contribution in [0.25, 0.3) is 0 Å². The molecule has 0 bridgehead atoms. The van der Waals surface area contributed by atoms with E-state index >= 15 is 0 Å². The second-order valence-corrected chi connectivity index (χ2v) is 3.72. The van der Waals surface area contributed by atoms with Crippen LogP contribution in [0.5, 0.6) is 0 Å². The van der Waals surface area contributed by atoms with E-state index in [-0.39, 0.29) is 11.8 Å². The molecule has 16 heavy (non-hydrogen) atoms. The molecular formula is C10H19N5O. The SMILES string of the molecule is CCC(CN)C(=O)NCCc1ncn(C)n1. The molecule has 1 atom stereocenters. The van der Waals surface area contributed by atoms with E-state index in [4.69, 9.17) is 5.73 Å². The summed E-state index contributed by atoms with van der Waals surface area (Å²) in [7, 11) is 1.82. The van der Waals surface area contributed by atoms with E-state index in [1.165, 1.54) is 0 Å². The van der Waals surface area contributed by atoms with Crippen molar-refractivity contribution in [3.05, 3.63) is 12.2 Å². The molecular weight excluding hydrogens is 206 g/mol. The molecule has 1 unspecified atom stereocenters. The number of carbonyl (C=O) groups is 1. The molecule has 0 aliphatic rings.